The van der Waals surface area contributed by atoms with E-state index in [2.05, 4.69) is 4.90 Å². The van der Waals surface area contributed by atoms with Gasteiger partial charge in [0.05, 0.1) is 19.8 Å². The number of para-hydroxylation sites is 2. The first-order valence-corrected chi connectivity index (χ1v) is 9.45. The molecule has 1 saturated heterocycles. The second-order valence-corrected chi connectivity index (χ2v) is 6.90. The molecule has 1 unspecified atom stereocenters. The summed E-state index contributed by atoms with van der Waals surface area (Å²) in [6, 6.07) is 17.7. The molecule has 2 aromatic carbocycles. The van der Waals surface area contributed by atoms with Crippen molar-refractivity contribution in [2.24, 2.45) is 0 Å². The lowest BCUT2D eigenvalue weighted by Crippen LogP contribution is -2.41. The minimum absolute atomic E-state index is 0.0640. The molecular weight excluding hydrogens is 340 g/mol. The lowest BCUT2D eigenvalue weighted by molar-refractivity contribution is -0.119. The standard InChI is InChI=1S/C22H28N2O3/c1-23(19-10-4-3-5-11-19)22(25)17-24(16-20-12-8-14-27-20)15-18-9-6-7-13-21(18)26-2/h3-7,9-11,13,20H,8,12,14-17H2,1-2H3. The average Bonchev–Trinajstić information content (AvgIpc) is 3.21. The lowest BCUT2D eigenvalue weighted by atomic mass is 10.1. The number of anilines is 1. The highest BCUT2D eigenvalue weighted by Gasteiger charge is 2.23. The van der Waals surface area contributed by atoms with E-state index in [0.717, 1.165) is 43.0 Å². The zero-order valence-corrected chi connectivity index (χ0v) is 16.1. The SMILES string of the molecule is COc1ccccc1CN(CC(=O)N(C)c1ccccc1)CC1CCCO1. The maximum atomic E-state index is 12.9. The van der Waals surface area contributed by atoms with Gasteiger partial charge in [-0.05, 0) is 31.0 Å². The fourth-order valence-corrected chi connectivity index (χ4v) is 3.43. The number of likely N-dealkylation sites (N-methyl/N-ethyl adjacent to an activating group) is 1. The van der Waals surface area contributed by atoms with Crippen LogP contribution in [0.5, 0.6) is 5.75 Å². The van der Waals surface area contributed by atoms with Gasteiger partial charge >= 0.3 is 0 Å². The Labute approximate surface area is 161 Å². The largest absolute Gasteiger partial charge is 0.496 e. The molecule has 1 fully saturated rings. The molecule has 0 saturated carbocycles. The van der Waals surface area contributed by atoms with Crippen LogP contribution in [0.2, 0.25) is 0 Å². The first kappa shape index (κ1) is 19.4. The van der Waals surface area contributed by atoms with Crippen molar-refractivity contribution in [3.63, 3.8) is 0 Å². The van der Waals surface area contributed by atoms with Crippen molar-refractivity contribution in [2.45, 2.75) is 25.5 Å². The molecule has 1 heterocycles. The maximum absolute atomic E-state index is 12.9. The molecule has 27 heavy (non-hydrogen) atoms. The molecule has 0 N–H and O–H groups in total. The first-order valence-electron chi connectivity index (χ1n) is 9.45. The molecular formula is C22H28N2O3. The van der Waals surface area contributed by atoms with Crippen LogP contribution in [0.3, 0.4) is 0 Å². The van der Waals surface area contributed by atoms with Crippen LogP contribution < -0.4 is 9.64 Å². The summed E-state index contributed by atoms with van der Waals surface area (Å²) in [5.41, 5.74) is 1.98. The van der Waals surface area contributed by atoms with Crippen molar-refractivity contribution in [2.75, 3.05) is 38.8 Å². The molecule has 0 aromatic heterocycles. The number of hydrogen-bond acceptors (Lipinski definition) is 4. The van der Waals surface area contributed by atoms with E-state index in [1.165, 1.54) is 0 Å². The highest BCUT2D eigenvalue weighted by atomic mass is 16.5. The third-order valence-corrected chi connectivity index (χ3v) is 4.95. The molecule has 5 nitrogen and oxygen atoms in total. The van der Waals surface area contributed by atoms with E-state index in [4.69, 9.17) is 9.47 Å². The Hall–Kier alpha value is -2.37. The highest BCUT2D eigenvalue weighted by molar-refractivity contribution is 5.94. The molecule has 2 aromatic rings. The molecule has 1 amide bonds. The highest BCUT2D eigenvalue weighted by Crippen LogP contribution is 2.21. The van der Waals surface area contributed by atoms with Gasteiger partial charge in [0.25, 0.3) is 0 Å². The minimum atomic E-state index is 0.0640. The van der Waals surface area contributed by atoms with Gasteiger partial charge in [-0.2, -0.15) is 0 Å². The van der Waals surface area contributed by atoms with E-state index >= 15 is 0 Å². The topological polar surface area (TPSA) is 42.0 Å². The minimum Gasteiger partial charge on any atom is -0.496 e. The smallest absolute Gasteiger partial charge is 0.240 e. The van der Waals surface area contributed by atoms with Crippen LogP contribution >= 0.6 is 0 Å². The molecule has 3 rings (SSSR count). The number of nitrogens with zero attached hydrogens (tertiary/aromatic N) is 2. The second kappa shape index (κ2) is 9.53. The number of carbonyl (C=O) groups is 1. The predicted octanol–water partition coefficient (Wildman–Crippen LogP) is 3.34. The van der Waals surface area contributed by atoms with Crippen molar-refractivity contribution < 1.29 is 14.3 Å². The van der Waals surface area contributed by atoms with Crippen LogP contribution in [0.1, 0.15) is 18.4 Å². The second-order valence-electron chi connectivity index (χ2n) is 6.90. The van der Waals surface area contributed by atoms with E-state index in [1.54, 1.807) is 12.0 Å². The fraction of sp³-hybridized carbons (Fsp3) is 0.409. The Morgan fingerprint density at radius 1 is 1.15 bits per heavy atom. The average molecular weight is 368 g/mol. The number of carbonyl (C=O) groups excluding carboxylic acids is 1. The lowest BCUT2D eigenvalue weighted by Gasteiger charge is -2.27. The van der Waals surface area contributed by atoms with Gasteiger partial charge in [0.2, 0.25) is 5.91 Å². The third-order valence-electron chi connectivity index (χ3n) is 4.95. The number of rotatable bonds is 8. The monoisotopic (exact) mass is 368 g/mol. The molecule has 0 radical (unpaired) electrons. The van der Waals surface area contributed by atoms with Crippen LogP contribution in [0, 0.1) is 0 Å². The summed E-state index contributed by atoms with van der Waals surface area (Å²) in [6.45, 7) is 2.54. The normalized spacial score (nSPS) is 16.5. The van der Waals surface area contributed by atoms with Crippen LogP contribution in [0.25, 0.3) is 0 Å². The van der Waals surface area contributed by atoms with Gasteiger partial charge in [-0.15, -0.1) is 0 Å². The summed E-state index contributed by atoms with van der Waals surface area (Å²) < 4.78 is 11.3. The number of amides is 1. The Bertz CT molecular complexity index is 729. The van der Waals surface area contributed by atoms with Crippen molar-refractivity contribution in [1.82, 2.24) is 4.90 Å². The number of methoxy groups -OCH3 is 1. The van der Waals surface area contributed by atoms with Gasteiger partial charge in [-0.1, -0.05) is 36.4 Å². The quantitative estimate of drug-likeness (QED) is 0.717. The molecule has 1 aliphatic heterocycles. The van der Waals surface area contributed by atoms with E-state index in [-0.39, 0.29) is 12.0 Å². The molecule has 1 atom stereocenters. The summed E-state index contributed by atoms with van der Waals surface area (Å²) >= 11 is 0. The summed E-state index contributed by atoms with van der Waals surface area (Å²) in [4.78, 5) is 16.8. The molecule has 1 aliphatic rings. The predicted molar refractivity (Wildman–Crippen MR) is 107 cm³/mol. The Morgan fingerprint density at radius 3 is 2.59 bits per heavy atom. The summed E-state index contributed by atoms with van der Waals surface area (Å²) in [7, 11) is 3.50. The number of benzene rings is 2. The fourth-order valence-electron chi connectivity index (χ4n) is 3.43. The van der Waals surface area contributed by atoms with Crippen molar-refractivity contribution >= 4 is 11.6 Å². The zero-order chi connectivity index (χ0) is 19.1. The van der Waals surface area contributed by atoms with E-state index in [9.17, 15) is 4.79 Å². The van der Waals surface area contributed by atoms with Crippen LogP contribution in [0.4, 0.5) is 5.69 Å². The molecule has 144 valence electrons. The van der Waals surface area contributed by atoms with E-state index in [1.807, 2.05) is 61.6 Å². The van der Waals surface area contributed by atoms with Crippen molar-refractivity contribution in [3.8, 4) is 5.75 Å². The van der Waals surface area contributed by atoms with Gasteiger partial charge in [0, 0.05) is 38.0 Å². The zero-order valence-electron chi connectivity index (χ0n) is 16.1. The van der Waals surface area contributed by atoms with Gasteiger partial charge in [-0.25, -0.2) is 0 Å². The summed E-state index contributed by atoms with van der Waals surface area (Å²) in [6.07, 6.45) is 2.32. The van der Waals surface area contributed by atoms with Crippen molar-refractivity contribution in [1.29, 1.82) is 0 Å². The first-order chi connectivity index (χ1) is 13.2. The van der Waals surface area contributed by atoms with E-state index < -0.39 is 0 Å². The van der Waals surface area contributed by atoms with E-state index in [0.29, 0.717) is 13.1 Å². The Balaban J connectivity index is 1.71. The molecule has 0 aliphatic carbocycles. The molecule has 0 bridgehead atoms. The number of ether oxygens (including phenoxy) is 2. The maximum Gasteiger partial charge on any atom is 0.240 e. The Morgan fingerprint density at radius 2 is 1.89 bits per heavy atom. The van der Waals surface area contributed by atoms with Gasteiger partial charge in [0.1, 0.15) is 5.75 Å². The molecule has 5 heteroatoms. The van der Waals surface area contributed by atoms with Crippen LogP contribution in [-0.4, -0.2) is 50.8 Å². The van der Waals surface area contributed by atoms with Gasteiger partial charge in [0.15, 0.2) is 0 Å². The number of hydrogen-bond donors (Lipinski definition) is 0. The summed E-state index contributed by atoms with van der Waals surface area (Å²) in [5.74, 6) is 0.910. The Kier molecular flexibility index (Phi) is 6.85. The summed E-state index contributed by atoms with van der Waals surface area (Å²) in [5, 5.41) is 0. The molecule has 0 spiro atoms. The van der Waals surface area contributed by atoms with Gasteiger partial charge in [-0.3, -0.25) is 9.69 Å². The van der Waals surface area contributed by atoms with Crippen LogP contribution in [-0.2, 0) is 16.1 Å². The van der Waals surface area contributed by atoms with Gasteiger partial charge < -0.3 is 14.4 Å². The van der Waals surface area contributed by atoms with Crippen LogP contribution in [0.15, 0.2) is 54.6 Å². The third kappa shape index (κ3) is 5.31. The van der Waals surface area contributed by atoms with Crippen molar-refractivity contribution in [3.05, 3.63) is 60.2 Å².